The predicted octanol–water partition coefficient (Wildman–Crippen LogP) is 3.57. The number of methoxy groups -OCH3 is 5. The molecule has 0 spiro atoms. The number of nitrogens with two attached hydrogens (primary N) is 2. The standard InChI is InChI=1S/C31H33N5O8S/c1-40-19-11-12-20(21(15-19)41-2)36(31(39)28-24(32)25(29(33)37)35-45-28)26(30(38)34-16-17-9-7-6-8-10-17)18-13-22(42-3)27(44-5)23(14-18)43-4/h6-15,26H,16,32H2,1-5H3,(H2,33,37)(H,34,38). The molecule has 0 aliphatic carbocycles. The minimum absolute atomic E-state index is 0.116. The Morgan fingerprint density at radius 2 is 1.51 bits per heavy atom. The molecule has 1 aromatic heterocycles. The Hall–Kier alpha value is -5.50. The summed E-state index contributed by atoms with van der Waals surface area (Å²) in [6.07, 6.45) is 0. The lowest BCUT2D eigenvalue weighted by Gasteiger charge is -2.32. The first-order chi connectivity index (χ1) is 21.7. The SMILES string of the molecule is COc1ccc(N(C(=O)c2snc(C(N)=O)c2N)C(C(=O)NCc2ccccc2)c2cc(OC)c(OC)c(OC)c2)c(OC)c1. The van der Waals surface area contributed by atoms with Gasteiger partial charge in [0.2, 0.25) is 11.7 Å². The molecule has 3 amide bonds. The molecular weight excluding hydrogens is 602 g/mol. The van der Waals surface area contributed by atoms with E-state index in [1.807, 2.05) is 30.3 Å². The van der Waals surface area contributed by atoms with Gasteiger partial charge in [0.05, 0.1) is 46.9 Å². The molecule has 0 saturated heterocycles. The number of nitrogens with zero attached hydrogens (tertiary/aromatic N) is 2. The summed E-state index contributed by atoms with van der Waals surface area (Å²) in [5, 5.41) is 2.93. The Kier molecular flexibility index (Phi) is 10.3. The molecule has 5 N–H and O–H groups in total. The maximum atomic E-state index is 14.6. The van der Waals surface area contributed by atoms with Gasteiger partial charge in [0.15, 0.2) is 17.2 Å². The van der Waals surface area contributed by atoms with Crippen molar-refractivity contribution < 1.29 is 38.1 Å². The van der Waals surface area contributed by atoms with Crippen molar-refractivity contribution in [2.75, 3.05) is 46.2 Å². The third kappa shape index (κ3) is 6.70. The second kappa shape index (κ2) is 14.3. The molecule has 0 aliphatic heterocycles. The number of hydrogen-bond acceptors (Lipinski definition) is 11. The van der Waals surface area contributed by atoms with Crippen molar-refractivity contribution >= 4 is 40.6 Å². The minimum atomic E-state index is -1.38. The van der Waals surface area contributed by atoms with Gasteiger partial charge in [-0.3, -0.25) is 19.3 Å². The van der Waals surface area contributed by atoms with Gasteiger partial charge in [0.25, 0.3) is 11.8 Å². The van der Waals surface area contributed by atoms with Crippen LogP contribution in [0.1, 0.15) is 37.3 Å². The lowest BCUT2D eigenvalue weighted by molar-refractivity contribution is -0.122. The average Bonchev–Trinajstić information content (AvgIpc) is 3.46. The van der Waals surface area contributed by atoms with Gasteiger partial charge in [-0.25, -0.2) is 0 Å². The van der Waals surface area contributed by atoms with Gasteiger partial charge < -0.3 is 40.5 Å². The van der Waals surface area contributed by atoms with Crippen molar-refractivity contribution in [3.63, 3.8) is 0 Å². The van der Waals surface area contributed by atoms with Crippen molar-refractivity contribution in [3.8, 4) is 28.7 Å². The average molecular weight is 636 g/mol. The molecule has 4 rings (SSSR count). The molecule has 0 aliphatic rings. The topological polar surface area (TPSA) is 178 Å². The first kappa shape index (κ1) is 32.4. The van der Waals surface area contributed by atoms with E-state index in [0.717, 1.165) is 5.56 Å². The highest BCUT2D eigenvalue weighted by molar-refractivity contribution is 7.09. The van der Waals surface area contributed by atoms with E-state index in [1.54, 1.807) is 30.3 Å². The van der Waals surface area contributed by atoms with Crippen LogP contribution in [0, 0.1) is 0 Å². The second-order valence-electron chi connectivity index (χ2n) is 9.42. The molecular formula is C31H33N5O8S. The molecule has 13 nitrogen and oxygen atoms in total. The molecule has 0 fully saturated rings. The number of carbonyl (C=O) groups is 3. The number of primary amides is 1. The van der Waals surface area contributed by atoms with Gasteiger partial charge in [0, 0.05) is 12.6 Å². The Labute approximate surface area is 263 Å². The molecule has 236 valence electrons. The highest BCUT2D eigenvalue weighted by atomic mass is 32.1. The summed E-state index contributed by atoms with van der Waals surface area (Å²) >= 11 is 0.679. The normalized spacial score (nSPS) is 11.2. The number of aromatic nitrogens is 1. The first-order valence-corrected chi connectivity index (χ1v) is 14.2. The van der Waals surface area contributed by atoms with Gasteiger partial charge in [-0.1, -0.05) is 30.3 Å². The third-order valence-corrected chi connectivity index (χ3v) is 7.69. The third-order valence-electron chi connectivity index (χ3n) is 6.84. The number of hydrogen-bond donors (Lipinski definition) is 3. The summed E-state index contributed by atoms with van der Waals surface area (Å²) in [5.41, 5.74) is 12.5. The molecule has 0 saturated carbocycles. The molecule has 3 aromatic carbocycles. The lowest BCUT2D eigenvalue weighted by Crippen LogP contribution is -2.44. The summed E-state index contributed by atoms with van der Waals surface area (Å²) < 4.78 is 31.7. The molecule has 14 heteroatoms. The number of carbonyl (C=O) groups excluding carboxylic acids is 3. The highest BCUT2D eigenvalue weighted by Gasteiger charge is 2.38. The minimum Gasteiger partial charge on any atom is -0.497 e. The van der Waals surface area contributed by atoms with Crippen molar-refractivity contribution in [2.24, 2.45) is 5.73 Å². The maximum absolute atomic E-state index is 14.6. The maximum Gasteiger partial charge on any atom is 0.273 e. The van der Waals surface area contributed by atoms with Gasteiger partial charge in [-0.05, 0) is 46.9 Å². The molecule has 1 atom stereocenters. The zero-order valence-electron chi connectivity index (χ0n) is 25.3. The van der Waals surface area contributed by atoms with E-state index in [-0.39, 0.29) is 51.5 Å². The molecule has 1 unspecified atom stereocenters. The highest BCUT2D eigenvalue weighted by Crippen LogP contribution is 2.44. The fraction of sp³-hybridized carbons (Fsp3) is 0.226. The Morgan fingerprint density at radius 3 is 2.04 bits per heavy atom. The number of nitrogen functional groups attached to an aromatic ring is 1. The van der Waals surface area contributed by atoms with Gasteiger partial charge >= 0.3 is 0 Å². The molecule has 4 aromatic rings. The molecule has 45 heavy (non-hydrogen) atoms. The van der Waals surface area contributed by atoms with E-state index in [2.05, 4.69) is 9.69 Å². The number of ether oxygens (including phenoxy) is 5. The summed E-state index contributed by atoms with van der Waals surface area (Å²) in [5.74, 6) is -0.816. The summed E-state index contributed by atoms with van der Waals surface area (Å²) in [6.45, 7) is 0.150. The number of rotatable bonds is 13. The quantitative estimate of drug-likeness (QED) is 0.197. The molecule has 0 radical (unpaired) electrons. The van der Waals surface area contributed by atoms with Crippen LogP contribution in [0.25, 0.3) is 0 Å². The van der Waals surface area contributed by atoms with Crippen molar-refractivity contribution in [2.45, 2.75) is 12.6 Å². The van der Waals surface area contributed by atoms with Crippen LogP contribution in [0.3, 0.4) is 0 Å². The lowest BCUT2D eigenvalue weighted by atomic mass is 10.0. The van der Waals surface area contributed by atoms with Crippen LogP contribution in [-0.4, -0.2) is 57.6 Å². The fourth-order valence-electron chi connectivity index (χ4n) is 4.65. The van der Waals surface area contributed by atoms with Crippen molar-refractivity contribution in [1.29, 1.82) is 0 Å². The van der Waals surface area contributed by atoms with Gasteiger partial charge in [-0.2, -0.15) is 4.37 Å². The largest absolute Gasteiger partial charge is 0.497 e. The van der Waals surface area contributed by atoms with Crippen LogP contribution in [0.5, 0.6) is 28.7 Å². The smallest absolute Gasteiger partial charge is 0.273 e. The van der Waals surface area contributed by atoms with E-state index in [4.69, 9.17) is 35.2 Å². The predicted molar refractivity (Wildman–Crippen MR) is 169 cm³/mol. The fourth-order valence-corrected chi connectivity index (χ4v) is 5.39. The zero-order valence-corrected chi connectivity index (χ0v) is 26.1. The summed E-state index contributed by atoms with van der Waals surface area (Å²) in [4.78, 5) is 42.0. The zero-order chi connectivity index (χ0) is 32.7. The summed E-state index contributed by atoms with van der Waals surface area (Å²) in [6, 6.07) is 15.8. The van der Waals surface area contributed by atoms with Crippen LogP contribution in [0.4, 0.5) is 11.4 Å². The van der Waals surface area contributed by atoms with E-state index in [0.29, 0.717) is 22.8 Å². The van der Waals surface area contributed by atoms with E-state index in [1.165, 1.54) is 40.4 Å². The van der Waals surface area contributed by atoms with Crippen LogP contribution >= 0.6 is 11.5 Å². The van der Waals surface area contributed by atoms with E-state index < -0.39 is 23.8 Å². The van der Waals surface area contributed by atoms with Crippen LogP contribution in [0.15, 0.2) is 60.7 Å². The van der Waals surface area contributed by atoms with E-state index >= 15 is 0 Å². The van der Waals surface area contributed by atoms with Gasteiger partial charge in [-0.15, -0.1) is 0 Å². The number of amides is 3. The Bertz CT molecular complexity index is 1670. The van der Waals surface area contributed by atoms with Crippen LogP contribution in [0.2, 0.25) is 0 Å². The Balaban J connectivity index is 2.00. The van der Waals surface area contributed by atoms with Crippen LogP contribution < -0.4 is 45.4 Å². The molecule has 0 bridgehead atoms. The van der Waals surface area contributed by atoms with Crippen molar-refractivity contribution in [3.05, 3.63) is 82.4 Å². The number of nitrogens with one attached hydrogen (secondary N) is 1. The monoisotopic (exact) mass is 635 g/mol. The number of anilines is 2. The van der Waals surface area contributed by atoms with Gasteiger partial charge in [0.1, 0.15) is 22.4 Å². The Morgan fingerprint density at radius 1 is 0.867 bits per heavy atom. The van der Waals surface area contributed by atoms with Crippen molar-refractivity contribution in [1.82, 2.24) is 9.69 Å². The number of benzene rings is 3. The van der Waals surface area contributed by atoms with E-state index in [9.17, 15) is 14.4 Å². The first-order valence-electron chi connectivity index (χ1n) is 13.4. The molecule has 1 heterocycles. The van der Waals surface area contributed by atoms with Crippen LogP contribution in [-0.2, 0) is 11.3 Å². The summed E-state index contributed by atoms with van der Waals surface area (Å²) in [7, 11) is 7.22. The second-order valence-corrected chi connectivity index (χ2v) is 10.2.